The first kappa shape index (κ1) is 16.6. The fourth-order valence-corrected chi connectivity index (χ4v) is 4.40. The van der Waals surface area contributed by atoms with Crippen LogP contribution in [-0.4, -0.2) is 15.0 Å². The fourth-order valence-electron chi connectivity index (χ4n) is 3.06. The molecule has 1 saturated carbocycles. The van der Waals surface area contributed by atoms with E-state index < -0.39 is 10.0 Å². The van der Waals surface area contributed by atoms with Gasteiger partial charge in [-0.1, -0.05) is 37.8 Å². The first-order valence-corrected chi connectivity index (χ1v) is 9.29. The van der Waals surface area contributed by atoms with Crippen molar-refractivity contribution in [2.45, 2.75) is 43.9 Å². The van der Waals surface area contributed by atoms with Crippen LogP contribution in [0.4, 0.5) is 5.69 Å². The number of benzene rings is 1. The van der Waals surface area contributed by atoms with Crippen LogP contribution in [0.5, 0.6) is 0 Å². The molecule has 2 atom stereocenters. The number of anilines is 1. The molecule has 118 valence electrons. The Labute approximate surface area is 132 Å². The fraction of sp³-hybridized carbons (Fsp3) is 0.600. The van der Waals surface area contributed by atoms with Crippen LogP contribution in [0.2, 0.25) is 5.02 Å². The third-order valence-electron chi connectivity index (χ3n) is 4.15. The monoisotopic (exact) mass is 330 g/mol. The van der Waals surface area contributed by atoms with E-state index >= 15 is 0 Å². The molecule has 0 spiro atoms. The Bertz CT molecular complexity index is 589. The first-order chi connectivity index (χ1) is 9.88. The summed E-state index contributed by atoms with van der Waals surface area (Å²) in [7, 11) is -3.56. The van der Waals surface area contributed by atoms with Gasteiger partial charge in [0.2, 0.25) is 10.0 Å². The van der Waals surface area contributed by atoms with E-state index in [-0.39, 0.29) is 10.6 Å². The molecule has 0 bridgehead atoms. The topological polar surface area (TPSA) is 72.2 Å². The van der Waals surface area contributed by atoms with Crippen molar-refractivity contribution in [2.75, 3.05) is 12.3 Å². The summed E-state index contributed by atoms with van der Waals surface area (Å²) in [4.78, 5) is 0.101. The van der Waals surface area contributed by atoms with Crippen LogP contribution in [-0.2, 0) is 10.0 Å². The maximum absolute atomic E-state index is 12.2. The quantitative estimate of drug-likeness (QED) is 0.812. The largest absolute Gasteiger partial charge is 0.398 e. The third kappa shape index (κ3) is 4.59. The van der Waals surface area contributed by atoms with Crippen molar-refractivity contribution in [2.24, 2.45) is 11.8 Å². The number of halogens is 1. The molecule has 0 saturated heterocycles. The molecule has 1 aromatic carbocycles. The van der Waals surface area contributed by atoms with Crippen LogP contribution in [0.25, 0.3) is 0 Å². The maximum atomic E-state index is 12.2. The molecule has 4 nitrogen and oxygen atoms in total. The Morgan fingerprint density at radius 3 is 2.81 bits per heavy atom. The Morgan fingerprint density at radius 2 is 2.14 bits per heavy atom. The van der Waals surface area contributed by atoms with E-state index in [0.717, 1.165) is 12.3 Å². The minimum absolute atomic E-state index is 0.101. The molecule has 6 heteroatoms. The van der Waals surface area contributed by atoms with Gasteiger partial charge in [-0.25, -0.2) is 13.1 Å². The van der Waals surface area contributed by atoms with E-state index in [4.69, 9.17) is 17.3 Å². The van der Waals surface area contributed by atoms with Gasteiger partial charge in [0.05, 0.1) is 5.69 Å². The molecule has 2 unspecified atom stereocenters. The lowest BCUT2D eigenvalue weighted by Crippen LogP contribution is -2.28. The van der Waals surface area contributed by atoms with Crippen molar-refractivity contribution in [1.29, 1.82) is 0 Å². The van der Waals surface area contributed by atoms with Gasteiger partial charge in [0.15, 0.2) is 0 Å². The molecule has 21 heavy (non-hydrogen) atoms. The number of nitrogens with two attached hydrogens (primary N) is 1. The summed E-state index contributed by atoms with van der Waals surface area (Å²) in [6.07, 6.45) is 5.84. The lowest BCUT2D eigenvalue weighted by Gasteiger charge is -2.26. The molecular weight excluding hydrogens is 308 g/mol. The highest BCUT2D eigenvalue weighted by Gasteiger charge is 2.21. The van der Waals surface area contributed by atoms with Crippen LogP contribution < -0.4 is 10.5 Å². The van der Waals surface area contributed by atoms with Gasteiger partial charge in [-0.3, -0.25) is 0 Å². The van der Waals surface area contributed by atoms with Crippen molar-refractivity contribution < 1.29 is 8.42 Å². The molecular formula is C15H23ClN2O2S. The molecule has 1 aromatic rings. The van der Waals surface area contributed by atoms with Crippen molar-refractivity contribution in [3.05, 3.63) is 23.2 Å². The second kappa shape index (κ2) is 6.99. The summed E-state index contributed by atoms with van der Waals surface area (Å²) < 4.78 is 27.1. The van der Waals surface area contributed by atoms with Gasteiger partial charge in [-0.2, -0.15) is 0 Å². The van der Waals surface area contributed by atoms with Crippen LogP contribution >= 0.6 is 11.6 Å². The summed E-state index contributed by atoms with van der Waals surface area (Å²) in [5.41, 5.74) is 5.92. The van der Waals surface area contributed by atoms with E-state index in [1.807, 2.05) is 0 Å². The van der Waals surface area contributed by atoms with E-state index in [9.17, 15) is 8.42 Å². The van der Waals surface area contributed by atoms with E-state index in [1.165, 1.54) is 43.9 Å². The summed E-state index contributed by atoms with van der Waals surface area (Å²) in [6.45, 7) is 2.73. The Balaban J connectivity index is 1.92. The predicted octanol–water partition coefficient (Wildman–Crippen LogP) is 3.42. The summed E-state index contributed by atoms with van der Waals surface area (Å²) >= 11 is 5.79. The van der Waals surface area contributed by atoms with Crippen LogP contribution in [0.3, 0.4) is 0 Å². The number of nitrogens with one attached hydrogen (secondary N) is 1. The zero-order chi connectivity index (χ0) is 15.5. The lowest BCUT2D eigenvalue weighted by molar-refractivity contribution is 0.271. The average molecular weight is 331 g/mol. The maximum Gasteiger partial charge on any atom is 0.242 e. The van der Waals surface area contributed by atoms with Gasteiger partial charge < -0.3 is 5.73 Å². The van der Waals surface area contributed by atoms with Gasteiger partial charge in [0, 0.05) is 11.6 Å². The minimum Gasteiger partial charge on any atom is -0.398 e. The van der Waals surface area contributed by atoms with E-state index in [0.29, 0.717) is 17.5 Å². The molecule has 1 aliphatic carbocycles. The molecule has 0 amide bonds. The Morgan fingerprint density at radius 1 is 1.38 bits per heavy atom. The van der Waals surface area contributed by atoms with E-state index in [2.05, 4.69) is 11.6 Å². The molecule has 0 aliphatic heterocycles. The highest BCUT2D eigenvalue weighted by molar-refractivity contribution is 7.89. The first-order valence-electron chi connectivity index (χ1n) is 7.43. The van der Waals surface area contributed by atoms with Gasteiger partial charge in [0.1, 0.15) is 4.90 Å². The Hall–Kier alpha value is -0.780. The standard InChI is InChI=1S/C15H23ClN2O2S/c1-11-3-2-4-12(9-11)7-8-18-21(19,20)15-6-5-13(16)10-14(15)17/h5-6,10-12,18H,2-4,7-9,17H2,1H3. The van der Waals surface area contributed by atoms with Gasteiger partial charge >= 0.3 is 0 Å². The molecule has 1 fully saturated rings. The van der Waals surface area contributed by atoms with Crippen molar-refractivity contribution in [3.63, 3.8) is 0 Å². The number of hydrogen-bond acceptors (Lipinski definition) is 3. The molecule has 2 rings (SSSR count). The SMILES string of the molecule is CC1CCCC(CCNS(=O)(=O)c2ccc(Cl)cc2N)C1. The molecule has 0 heterocycles. The van der Waals surface area contributed by atoms with Crippen LogP contribution in [0.15, 0.2) is 23.1 Å². The van der Waals surface area contributed by atoms with Gasteiger partial charge in [-0.05, 0) is 42.9 Å². The number of hydrogen-bond donors (Lipinski definition) is 2. The number of nitrogen functional groups attached to an aromatic ring is 1. The molecule has 0 radical (unpaired) electrons. The van der Waals surface area contributed by atoms with Crippen LogP contribution in [0, 0.1) is 11.8 Å². The van der Waals surface area contributed by atoms with Crippen molar-refractivity contribution >= 4 is 27.3 Å². The second-order valence-electron chi connectivity index (χ2n) is 6.01. The zero-order valence-electron chi connectivity index (χ0n) is 12.3. The number of rotatable bonds is 5. The number of sulfonamides is 1. The smallest absolute Gasteiger partial charge is 0.242 e. The highest BCUT2D eigenvalue weighted by atomic mass is 35.5. The lowest BCUT2D eigenvalue weighted by atomic mass is 9.81. The summed E-state index contributed by atoms with van der Waals surface area (Å²) in [6, 6.07) is 4.44. The molecule has 1 aliphatic rings. The minimum atomic E-state index is -3.56. The van der Waals surface area contributed by atoms with Gasteiger partial charge in [0.25, 0.3) is 0 Å². The highest BCUT2D eigenvalue weighted by Crippen LogP contribution is 2.30. The normalized spacial score (nSPS) is 23.1. The van der Waals surface area contributed by atoms with Crippen molar-refractivity contribution in [1.82, 2.24) is 4.72 Å². The van der Waals surface area contributed by atoms with Crippen LogP contribution in [0.1, 0.15) is 39.0 Å². The summed E-state index contributed by atoms with van der Waals surface area (Å²) in [5, 5.41) is 0.433. The molecule has 0 aromatic heterocycles. The predicted molar refractivity (Wildman–Crippen MR) is 86.8 cm³/mol. The van der Waals surface area contributed by atoms with E-state index in [1.54, 1.807) is 0 Å². The Kier molecular flexibility index (Phi) is 5.52. The zero-order valence-corrected chi connectivity index (χ0v) is 13.9. The second-order valence-corrected chi connectivity index (χ2v) is 8.18. The molecule has 3 N–H and O–H groups in total. The van der Waals surface area contributed by atoms with Crippen molar-refractivity contribution in [3.8, 4) is 0 Å². The average Bonchev–Trinajstić information content (AvgIpc) is 2.38. The van der Waals surface area contributed by atoms with Gasteiger partial charge in [-0.15, -0.1) is 0 Å². The summed E-state index contributed by atoms with van der Waals surface area (Å²) in [5.74, 6) is 1.38. The third-order valence-corrected chi connectivity index (χ3v) is 5.92.